The molecule has 0 saturated carbocycles. The summed E-state index contributed by atoms with van der Waals surface area (Å²) < 4.78 is 0. The van der Waals surface area contributed by atoms with Crippen LogP contribution in [0.3, 0.4) is 0 Å². The van der Waals surface area contributed by atoms with E-state index in [4.69, 9.17) is 5.73 Å². The highest BCUT2D eigenvalue weighted by Crippen LogP contribution is 2.22. The Morgan fingerprint density at radius 1 is 1.31 bits per heavy atom. The molecule has 0 radical (unpaired) electrons. The first-order valence-corrected chi connectivity index (χ1v) is 6.34. The minimum atomic E-state index is -0.233. The van der Waals surface area contributed by atoms with Gasteiger partial charge in [-0.3, -0.25) is 4.79 Å². The monoisotopic (exact) mass is 226 g/mol. The first-order valence-electron chi connectivity index (χ1n) is 6.34. The summed E-state index contributed by atoms with van der Waals surface area (Å²) in [4.78, 5) is 14.0. The number of likely N-dealkylation sites (tertiary alicyclic amines) is 1. The van der Waals surface area contributed by atoms with Gasteiger partial charge in [-0.05, 0) is 38.5 Å². The van der Waals surface area contributed by atoms with Gasteiger partial charge in [0.25, 0.3) is 0 Å². The molecule has 1 saturated heterocycles. The van der Waals surface area contributed by atoms with Gasteiger partial charge in [0.1, 0.15) is 0 Å². The van der Waals surface area contributed by atoms with Gasteiger partial charge in [0, 0.05) is 25.0 Å². The smallest absolute Gasteiger partial charge is 0.222 e. The highest BCUT2D eigenvalue weighted by atomic mass is 16.2. The lowest BCUT2D eigenvalue weighted by Crippen LogP contribution is -2.43. The van der Waals surface area contributed by atoms with E-state index in [0.717, 1.165) is 19.5 Å². The largest absolute Gasteiger partial charge is 0.342 e. The zero-order chi connectivity index (χ0) is 12.3. The summed E-state index contributed by atoms with van der Waals surface area (Å²) in [5.74, 6) is 1.55. The van der Waals surface area contributed by atoms with Crippen molar-refractivity contribution in [2.45, 2.75) is 52.5 Å². The molecular weight excluding hydrogens is 200 g/mol. The molecule has 1 rings (SSSR count). The molecule has 1 amide bonds. The van der Waals surface area contributed by atoms with E-state index in [9.17, 15) is 4.79 Å². The third kappa shape index (κ3) is 4.52. The van der Waals surface area contributed by atoms with Crippen molar-refractivity contribution in [1.82, 2.24) is 4.90 Å². The molecule has 1 heterocycles. The zero-order valence-corrected chi connectivity index (χ0v) is 11.1. The molecule has 0 aromatic carbocycles. The van der Waals surface area contributed by atoms with Crippen molar-refractivity contribution in [2.24, 2.45) is 17.6 Å². The first-order chi connectivity index (χ1) is 7.28. The van der Waals surface area contributed by atoms with Gasteiger partial charge in [-0.15, -0.1) is 0 Å². The molecule has 2 atom stereocenters. The lowest BCUT2D eigenvalue weighted by atomic mass is 9.91. The van der Waals surface area contributed by atoms with Crippen LogP contribution >= 0.6 is 0 Å². The molecule has 0 aromatic rings. The predicted molar refractivity (Wildman–Crippen MR) is 67.0 cm³/mol. The molecule has 16 heavy (non-hydrogen) atoms. The molecule has 0 spiro atoms. The molecule has 2 N–H and O–H groups in total. The van der Waals surface area contributed by atoms with Crippen LogP contribution in [0.1, 0.15) is 47.0 Å². The number of nitrogens with zero attached hydrogens (tertiary/aromatic N) is 1. The molecule has 0 bridgehead atoms. The van der Waals surface area contributed by atoms with Crippen LogP contribution in [0.2, 0.25) is 0 Å². The van der Waals surface area contributed by atoms with Crippen molar-refractivity contribution in [3.8, 4) is 0 Å². The van der Waals surface area contributed by atoms with Gasteiger partial charge in [0.05, 0.1) is 0 Å². The van der Waals surface area contributed by atoms with Crippen molar-refractivity contribution in [2.75, 3.05) is 13.1 Å². The Morgan fingerprint density at radius 2 is 1.81 bits per heavy atom. The fourth-order valence-corrected chi connectivity index (χ4v) is 2.45. The van der Waals surface area contributed by atoms with E-state index in [0.29, 0.717) is 18.3 Å². The Kier molecular flexibility index (Phi) is 4.36. The van der Waals surface area contributed by atoms with Crippen LogP contribution in [-0.4, -0.2) is 29.4 Å². The van der Waals surface area contributed by atoms with Crippen LogP contribution in [0.5, 0.6) is 0 Å². The van der Waals surface area contributed by atoms with Crippen molar-refractivity contribution < 1.29 is 4.79 Å². The van der Waals surface area contributed by atoms with Gasteiger partial charge in [-0.2, -0.15) is 0 Å². The van der Waals surface area contributed by atoms with Crippen LogP contribution in [0.15, 0.2) is 0 Å². The summed E-state index contributed by atoms with van der Waals surface area (Å²) >= 11 is 0. The number of hydrogen-bond acceptors (Lipinski definition) is 2. The second kappa shape index (κ2) is 5.17. The summed E-state index contributed by atoms with van der Waals surface area (Å²) in [7, 11) is 0. The van der Waals surface area contributed by atoms with E-state index in [2.05, 4.69) is 13.8 Å². The highest BCUT2D eigenvalue weighted by molar-refractivity contribution is 5.76. The van der Waals surface area contributed by atoms with E-state index in [1.165, 1.54) is 6.42 Å². The molecule has 94 valence electrons. The number of hydrogen-bond donors (Lipinski definition) is 1. The maximum atomic E-state index is 12.0. The minimum absolute atomic E-state index is 0.233. The number of carbonyl (C=O) groups is 1. The Labute approximate surface area is 99.4 Å². The topological polar surface area (TPSA) is 46.3 Å². The highest BCUT2D eigenvalue weighted by Gasteiger charge is 2.25. The third-order valence-corrected chi connectivity index (χ3v) is 3.20. The lowest BCUT2D eigenvalue weighted by molar-refractivity contribution is -0.134. The van der Waals surface area contributed by atoms with Crippen LogP contribution < -0.4 is 5.73 Å². The molecule has 2 unspecified atom stereocenters. The fourth-order valence-electron chi connectivity index (χ4n) is 2.45. The van der Waals surface area contributed by atoms with Crippen LogP contribution in [0, 0.1) is 11.8 Å². The summed E-state index contributed by atoms with van der Waals surface area (Å²) in [5, 5.41) is 0. The quantitative estimate of drug-likeness (QED) is 0.800. The van der Waals surface area contributed by atoms with E-state index in [1.54, 1.807) is 0 Å². The summed E-state index contributed by atoms with van der Waals surface area (Å²) in [6, 6.07) is 0. The van der Waals surface area contributed by atoms with Crippen LogP contribution in [-0.2, 0) is 4.79 Å². The Hall–Kier alpha value is -0.570. The maximum absolute atomic E-state index is 12.0. The number of rotatable bonds is 3. The Balaban J connectivity index is 2.41. The number of carbonyl (C=O) groups excluding carboxylic acids is 1. The standard InChI is InChI=1S/C13H26N2O/c1-10-7-11(2)9-15(8-10)12(16)5-6-13(3,4)14/h10-11H,5-9,14H2,1-4H3. The molecule has 3 nitrogen and oxygen atoms in total. The maximum Gasteiger partial charge on any atom is 0.222 e. The normalized spacial score (nSPS) is 26.9. The van der Waals surface area contributed by atoms with Gasteiger partial charge >= 0.3 is 0 Å². The van der Waals surface area contributed by atoms with Crippen molar-refractivity contribution in [3.05, 3.63) is 0 Å². The van der Waals surface area contributed by atoms with Crippen LogP contribution in [0.25, 0.3) is 0 Å². The van der Waals surface area contributed by atoms with Crippen molar-refractivity contribution in [1.29, 1.82) is 0 Å². The lowest BCUT2D eigenvalue weighted by Gasteiger charge is -2.35. The third-order valence-electron chi connectivity index (χ3n) is 3.20. The minimum Gasteiger partial charge on any atom is -0.342 e. The van der Waals surface area contributed by atoms with Gasteiger partial charge in [-0.1, -0.05) is 13.8 Å². The zero-order valence-electron chi connectivity index (χ0n) is 11.1. The van der Waals surface area contributed by atoms with Gasteiger partial charge < -0.3 is 10.6 Å². The second-order valence-electron chi connectivity index (χ2n) is 6.23. The average molecular weight is 226 g/mol. The van der Waals surface area contributed by atoms with Crippen LogP contribution in [0.4, 0.5) is 0 Å². The summed E-state index contributed by atoms with van der Waals surface area (Å²) in [6.45, 7) is 10.2. The van der Waals surface area contributed by atoms with Crippen molar-refractivity contribution in [3.63, 3.8) is 0 Å². The van der Waals surface area contributed by atoms with E-state index < -0.39 is 0 Å². The SMILES string of the molecule is CC1CC(C)CN(C(=O)CCC(C)(C)N)C1. The molecule has 1 aliphatic rings. The molecule has 3 heteroatoms. The number of nitrogens with two attached hydrogens (primary N) is 1. The fraction of sp³-hybridized carbons (Fsp3) is 0.923. The van der Waals surface area contributed by atoms with E-state index in [-0.39, 0.29) is 11.4 Å². The molecule has 1 fully saturated rings. The molecule has 0 aromatic heterocycles. The Morgan fingerprint density at radius 3 is 2.25 bits per heavy atom. The average Bonchev–Trinajstić information content (AvgIpc) is 2.11. The number of piperidine rings is 1. The number of amides is 1. The van der Waals surface area contributed by atoms with Crippen molar-refractivity contribution >= 4 is 5.91 Å². The van der Waals surface area contributed by atoms with Gasteiger partial charge in [0.15, 0.2) is 0 Å². The summed E-state index contributed by atoms with van der Waals surface area (Å²) in [6.07, 6.45) is 2.60. The van der Waals surface area contributed by atoms with Gasteiger partial charge in [0.2, 0.25) is 5.91 Å². The van der Waals surface area contributed by atoms with E-state index >= 15 is 0 Å². The van der Waals surface area contributed by atoms with Gasteiger partial charge in [-0.25, -0.2) is 0 Å². The van der Waals surface area contributed by atoms with E-state index in [1.807, 2.05) is 18.7 Å². The molecule has 1 aliphatic heterocycles. The molecular formula is C13H26N2O. The predicted octanol–water partition coefficient (Wildman–Crippen LogP) is 2.01. The second-order valence-corrected chi connectivity index (χ2v) is 6.23. The Bertz CT molecular complexity index is 235. The first kappa shape index (κ1) is 13.5. The molecule has 0 aliphatic carbocycles. The summed E-state index contributed by atoms with van der Waals surface area (Å²) in [5.41, 5.74) is 5.66.